The first kappa shape index (κ1) is 10.8. The molecule has 2 aromatic rings. The Morgan fingerprint density at radius 3 is 2.94 bits per heavy atom. The number of ether oxygens (including phenoxy) is 1. The Morgan fingerprint density at radius 1 is 1.44 bits per heavy atom. The van der Waals surface area contributed by atoms with Crippen molar-refractivity contribution in [2.75, 3.05) is 13.7 Å². The molecule has 0 radical (unpaired) electrons. The van der Waals surface area contributed by atoms with Crippen molar-refractivity contribution in [1.29, 1.82) is 0 Å². The molecule has 1 aromatic carbocycles. The number of nitrogens with zero attached hydrogens (tertiary/aromatic N) is 1. The summed E-state index contributed by atoms with van der Waals surface area (Å²) in [6, 6.07) is 5.28. The van der Waals surface area contributed by atoms with Crippen molar-refractivity contribution in [3.8, 4) is 5.75 Å². The Kier molecular flexibility index (Phi) is 3.01. The lowest BCUT2D eigenvalue weighted by Gasteiger charge is -2.07. The van der Waals surface area contributed by atoms with Gasteiger partial charge in [-0.05, 0) is 24.6 Å². The number of benzene rings is 1. The van der Waals surface area contributed by atoms with E-state index in [0.29, 0.717) is 22.2 Å². The van der Waals surface area contributed by atoms with Crippen LogP contribution in [0.3, 0.4) is 0 Å². The topological polar surface area (TPSA) is 42.4 Å². The number of pyridine rings is 1. The predicted octanol–water partition coefficient (Wildman–Crippen LogP) is 1.92. The van der Waals surface area contributed by atoms with Crippen LogP contribution < -0.4 is 4.74 Å². The van der Waals surface area contributed by atoms with Crippen molar-refractivity contribution in [1.82, 2.24) is 4.98 Å². The quantitative estimate of drug-likeness (QED) is 0.861. The lowest BCUT2D eigenvalue weighted by molar-refractivity contribution is 0.298. The third kappa shape index (κ3) is 1.84. The monoisotopic (exact) mass is 221 g/mol. The van der Waals surface area contributed by atoms with Gasteiger partial charge in [0.15, 0.2) is 0 Å². The normalized spacial score (nSPS) is 10.7. The van der Waals surface area contributed by atoms with Crippen LogP contribution in [-0.2, 0) is 6.42 Å². The molecular formula is C12H12FNO2. The van der Waals surface area contributed by atoms with Gasteiger partial charge in [-0.1, -0.05) is 0 Å². The fourth-order valence-electron chi connectivity index (χ4n) is 1.70. The van der Waals surface area contributed by atoms with Crippen LogP contribution in [0.25, 0.3) is 10.9 Å². The number of rotatable bonds is 3. The molecule has 4 heteroatoms. The van der Waals surface area contributed by atoms with Gasteiger partial charge in [0, 0.05) is 17.6 Å². The number of aliphatic hydroxyl groups excluding tert-OH is 1. The standard InChI is InChI=1S/C12H12FNO2/c1-16-8-2-3-12-10(6-8)9(4-5-15)11(13)7-14-12/h2-3,6-7,15H,4-5H2,1H3. The van der Waals surface area contributed by atoms with E-state index in [1.165, 1.54) is 6.20 Å². The average Bonchev–Trinajstić information content (AvgIpc) is 2.32. The molecule has 0 fully saturated rings. The Morgan fingerprint density at radius 2 is 2.25 bits per heavy atom. The Labute approximate surface area is 92.5 Å². The molecule has 0 spiro atoms. The predicted molar refractivity (Wildman–Crippen MR) is 59.0 cm³/mol. The first-order valence-electron chi connectivity index (χ1n) is 4.98. The Bertz CT molecular complexity index is 514. The highest BCUT2D eigenvalue weighted by molar-refractivity contribution is 5.83. The van der Waals surface area contributed by atoms with Crippen LogP contribution in [0, 0.1) is 5.82 Å². The maximum Gasteiger partial charge on any atom is 0.145 e. The van der Waals surface area contributed by atoms with Crippen LogP contribution >= 0.6 is 0 Å². The second kappa shape index (κ2) is 4.45. The van der Waals surface area contributed by atoms with Gasteiger partial charge in [0.25, 0.3) is 0 Å². The molecule has 0 amide bonds. The average molecular weight is 221 g/mol. The Balaban J connectivity index is 2.67. The first-order chi connectivity index (χ1) is 7.76. The van der Waals surface area contributed by atoms with E-state index < -0.39 is 5.82 Å². The summed E-state index contributed by atoms with van der Waals surface area (Å²) < 4.78 is 18.6. The van der Waals surface area contributed by atoms with Gasteiger partial charge in [0.2, 0.25) is 0 Å². The third-order valence-corrected chi connectivity index (χ3v) is 2.50. The highest BCUT2D eigenvalue weighted by atomic mass is 19.1. The fourth-order valence-corrected chi connectivity index (χ4v) is 1.70. The highest BCUT2D eigenvalue weighted by Gasteiger charge is 2.09. The van der Waals surface area contributed by atoms with E-state index in [-0.39, 0.29) is 13.0 Å². The van der Waals surface area contributed by atoms with Gasteiger partial charge in [-0.25, -0.2) is 4.39 Å². The van der Waals surface area contributed by atoms with Crippen molar-refractivity contribution >= 4 is 10.9 Å². The lowest BCUT2D eigenvalue weighted by atomic mass is 10.1. The molecule has 16 heavy (non-hydrogen) atoms. The van der Waals surface area contributed by atoms with Crippen molar-refractivity contribution in [3.05, 3.63) is 35.8 Å². The molecule has 0 unspecified atom stereocenters. The molecule has 0 atom stereocenters. The molecule has 0 bridgehead atoms. The zero-order chi connectivity index (χ0) is 11.5. The summed E-state index contributed by atoms with van der Waals surface area (Å²) in [4.78, 5) is 3.99. The summed E-state index contributed by atoms with van der Waals surface area (Å²) in [5.74, 6) is 0.258. The maximum atomic E-state index is 13.5. The zero-order valence-corrected chi connectivity index (χ0v) is 8.90. The summed E-state index contributed by atoms with van der Waals surface area (Å²) in [6.07, 6.45) is 1.46. The van der Waals surface area contributed by atoms with Crippen molar-refractivity contribution in [2.24, 2.45) is 0 Å². The minimum Gasteiger partial charge on any atom is -0.497 e. The Hall–Kier alpha value is -1.68. The van der Waals surface area contributed by atoms with Gasteiger partial charge < -0.3 is 9.84 Å². The molecule has 1 heterocycles. The van der Waals surface area contributed by atoms with Crippen LogP contribution in [0.4, 0.5) is 4.39 Å². The minimum atomic E-state index is -0.394. The number of hydrogen-bond acceptors (Lipinski definition) is 3. The first-order valence-corrected chi connectivity index (χ1v) is 4.98. The van der Waals surface area contributed by atoms with Gasteiger partial charge >= 0.3 is 0 Å². The van der Waals surface area contributed by atoms with E-state index in [9.17, 15) is 4.39 Å². The van der Waals surface area contributed by atoms with Gasteiger partial charge in [-0.15, -0.1) is 0 Å². The number of hydrogen-bond donors (Lipinski definition) is 1. The molecule has 84 valence electrons. The van der Waals surface area contributed by atoms with Crippen molar-refractivity contribution in [2.45, 2.75) is 6.42 Å². The van der Waals surface area contributed by atoms with Crippen LogP contribution in [0.2, 0.25) is 0 Å². The molecule has 1 N–H and O–H groups in total. The molecule has 0 aliphatic rings. The maximum absolute atomic E-state index is 13.5. The molecule has 0 aliphatic carbocycles. The van der Waals surface area contributed by atoms with Gasteiger partial charge in [-0.3, -0.25) is 4.98 Å². The summed E-state index contributed by atoms with van der Waals surface area (Å²) in [5, 5.41) is 9.60. The van der Waals surface area contributed by atoms with Crippen LogP contribution in [0.5, 0.6) is 5.75 Å². The van der Waals surface area contributed by atoms with Crippen molar-refractivity contribution < 1.29 is 14.2 Å². The molecule has 2 rings (SSSR count). The van der Waals surface area contributed by atoms with E-state index >= 15 is 0 Å². The van der Waals surface area contributed by atoms with Crippen molar-refractivity contribution in [3.63, 3.8) is 0 Å². The highest BCUT2D eigenvalue weighted by Crippen LogP contribution is 2.24. The molecule has 0 saturated carbocycles. The number of fused-ring (bicyclic) bond motifs is 1. The van der Waals surface area contributed by atoms with Crippen LogP contribution in [0.1, 0.15) is 5.56 Å². The number of aromatic nitrogens is 1. The molecule has 0 aliphatic heterocycles. The minimum absolute atomic E-state index is 0.0900. The largest absolute Gasteiger partial charge is 0.497 e. The summed E-state index contributed by atoms with van der Waals surface area (Å²) in [7, 11) is 1.56. The summed E-state index contributed by atoms with van der Waals surface area (Å²) in [5.41, 5.74) is 1.18. The van der Waals surface area contributed by atoms with Crippen LogP contribution in [-0.4, -0.2) is 23.8 Å². The smallest absolute Gasteiger partial charge is 0.145 e. The van der Waals surface area contributed by atoms with E-state index in [1.807, 2.05) is 0 Å². The molecule has 0 saturated heterocycles. The SMILES string of the molecule is COc1ccc2ncc(F)c(CCO)c2c1. The lowest BCUT2D eigenvalue weighted by Crippen LogP contribution is -1.98. The molecule has 3 nitrogen and oxygen atoms in total. The second-order valence-electron chi connectivity index (χ2n) is 3.44. The summed E-state index contributed by atoms with van der Waals surface area (Å²) >= 11 is 0. The van der Waals surface area contributed by atoms with E-state index in [1.54, 1.807) is 25.3 Å². The number of methoxy groups -OCH3 is 1. The zero-order valence-electron chi connectivity index (χ0n) is 8.90. The van der Waals surface area contributed by atoms with Crippen LogP contribution in [0.15, 0.2) is 24.4 Å². The van der Waals surface area contributed by atoms with Gasteiger partial charge in [0.05, 0.1) is 18.8 Å². The number of halogens is 1. The molecular weight excluding hydrogens is 209 g/mol. The summed E-state index contributed by atoms with van der Waals surface area (Å²) in [6.45, 7) is -0.0900. The third-order valence-electron chi connectivity index (χ3n) is 2.50. The van der Waals surface area contributed by atoms with Gasteiger partial charge in [0.1, 0.15) is 11.6 Å². The number of aliphatic hydroxyl groups is 1. The molecule has 1 aromatic heterocycles. The van der Waals surface area contributed by atoms with E-state index in [0.717, 1.165) is 0 Å². The van der Waals surface area contributed by atoms with E-state index in [2.05, 4.69) is 4.98 Å². The van der Waals surface area contributed by atoms with Gasteiger partial charge in [-0.2, -0.15) is 0 Å². The van der Waals surface area contributed by atoms with E-state index in [4.69, 9.17) is 9.84 Å². The second-order valence-corrected chi connectivity index (χ2v) is 3.44. The fraction of sp³-hybridized carbons (Fsp3) is 0.250.